The zero-order chi connectivity index (χ0) is 13.1. The number of hydrogen-bond acceptors (Lipinski definition) is 3. The van der Waals surface area contributed by atoms with Crippen LogP contribution in [0.5, 0.6) is 5.75 Å². The van der Waals surface area contributed by atoms with Crippen LogP contribution in [0.3, 0.4) is 0 Å². The maximum atomic E-state index is 11.3. The molecule has 1 aromatic carbocycles. The summed E-state index contributed by atoms with van der Waals surface area (Å²) in [5.41, 5.74) is 1.86. The number of aryl methyl sites for hydroxylation is 1. The molecule has 0 heterocycles. The lowest BCUT2D eigenvalue weighted by atomic mass is 10.0. The van der Waals surface area contributed by atoms with Gasteiger partial charge in [-0.1, -0.05) is 17.7 Å². The van der Waals surface area contributed by atoms with Crippen molar-refractivity contribution in [2.45, 2.75) is 38.5 Å². The Morgan fingerprint density at radius 3 is 2.83 bits per heavy atom. The van der Waals surface area contributed by atoms with Gasteiger partial charge in [0.15, 0.2) is 0 Å². The zero-order valence-electron chi connectivity index (χ0n) is 10.4. The van der Waals surface area contributed by atoms with Gasteiger partial charge in [0.05, 0.1) is 6.61 Å². The molecule has 1 fully saturated rings. The first-order valence-corrected chi connectivity index (χ1v) is 6.66. The topological polar surface area (TPSA) is 46.5 Å². The molecule has 98 valence electrons. The van der Waals surface area contributed by atoms with Crippen molar-refractivity contribution in [3.05, 3.63) is 28.3 Å². The van der Waals surface area contributed by atoms with Gasteiger partial charge in [0, 0.05) is 11.4 Å². The van der Waals surface area contributed by atoms with Gasteiger partial charge in [-0.05, 0) is 49.3 Å². The molecular weight excluding hydrogens is 252 g/mol. The molecule has 1 aromatic rings. The van der Waals surface area contributed by atoms with Crippen LogP contribution in [0.15, 0.2) is 12.1 Å². The van der Waals surface area contributed by atoms with E-state index in [1.165, 1.54) is 0 Å². The van der Waals surface area contributed by atoms with Crippen molar-refractivity contribution in [3.63, 3.8) is 0 Å². The van der Waals surface area contributed by atoms with Crippen LogP contribution in [0.2, 0.25) is 5.02 Å². The van der Waals surface area contributed by atoms with Gasteiger partial charge < -0.3 is 9.84 Å². The van der Waals surface area contributed by atoms with Gasteiger partial charge in [-0.15, -0.1) is 0 Å². The molecule has 0 radical (unpaired) electrons. The zero-order valence-corrected chi connectivity index (χ0v) is 11.2. The minimum atomic E-state index is -0.236. The fraction of sp³-hybridized carbons (Fsp3) is 0.500. The molecule has 4 heteroatoms. The van der Waals surface area contributed by atoms with Crippen molar-refractivity contribution in [2.24, 2.45) is 0 Å². The Labute approximate surface area is 112 Å². The number of rotatable bonds is 5. The standard InChI is InChI=1S/C14H17ClO3/c1-2-18-14(17)6-5-10-7-11(9-3-4-9)12(15)8-13(10)16/h7-9,16H,2-6H2,1H3. The Morgan fingerprint density at radius 2 is 2.22 bits per heavy atom. The minimum absolute atomic E-state index is 0.161. The van der Waals surface area contributed by atoms with Gasteiger partial charge in [-0.3, -0.25) is 4.79 Å². The average molecular weight is 269 g/mol. The van der Waals surface area contributed by atoms with Crippen molar-refractivity contribution in [3.8, 4) is 5.75 Å². The second-order valence-corrected chi connectivity index (χ2v) is 4.99. The minimum Gasteiger partial charge on any atom is -0.508 e. The summed E-state index contributed by atoms with van der Waals surface area (Å²) in [5.74, 6) is 0.452. The molecule has 2 rings (SSSR count). The first-order chi connectivity index (χ1) is 8.61. The molecule has 0 spiro atoms. The van der Waals surface area contributed by atoms with E-state index in [-0.39, 0.29) is 18.1 Å². The number of hydrogen-bond donors (Lipinski definition) is 1. The molecule has 0 atom stereocenters. The molecule has 3 nitrogen and oxygen atoms in total. The van der Waals surface area contributed by atoms with E-state index >= 15 is 0 Å². The summed E-state index contributed by atoms with van der Waals surface area (Å²) < 4.78 is 4.87. The van der Waals surface area contributed by atoms with Crippen LogP contribution in [0, 0.1) is 0 Å². The van der Waals surface area contributed by atoms with Crippen molar-refractivity contribution < 1.29 is 14.6 Å². The normalized spacial score (nSPS) is 14.6. The largest absolute Gasteiger partial charge is 0.508 e. The summed E-state index contributed by atoms with van der Waals surface area (Å²) in [6.07, 6.45) is 3.08. The van der Waals surface area contributed by atoms with Crippen molar-refractivity contribution in [1.82, 2.24) is 0 Å². The Hall–Kier alpha value is -1.22. The van der Waals surface area contributed by atoms with E-state index in [0.29, 0.717) is 24.0 Å². The van der Waals surface area contributed by atoms with E-state index in [2.05, 4.69) is 0 Å². The van der Waals surface area contributed by atoms with Gasteiger partial charge in [0.25, 0.3) is 0 Å². The summed E-state index contributed by atoms with van der Waals surface area (Å²) >= 11 is 6.10. The summed E-state index contributed by atoms with van der Waals surface area (Å²) in [5, 5.41) is 10.4. The monoisotopic (exact) mass is 268 g/mol. The van der Waals surface area contributed by atoms with Crippen LogP contribution in [0.4, 0.5) is 0 Å². The number of aromatic hydroxyl groups is 1. The van der Waals surface area contributed by atoms with E-state index in [9.17, 15) is 9.90 Å². The van der Waals surface area contributed by atoms with Gasteiger partial charge in [-0.2, -0.15) is 0 Å². The second-order valence-electron chi connectivity index (χ2n) is 4.58. The summed E-state index contributed by atoms with van der Waals surface area (Å²) in [4.78, 5) is 11.3. The third-order valence-electron chi connectivity index (χ3n) is 3.12. The van der Waals surface area contributed by atoms with Gasteiger partial charge >= 0.3 is 5.97 Å². The molecule has 0 amide bonds. The maximum Gasteiger partial charge on any atom is 0.306 e. The second kappa shape index (κ2) is 5.61. The number of phenols is 1. The number of benzene rings is 1. The van der Waals surface area contributed by atoms with Crippen molar-refractivity contribution in [1.29, 1.82) is 0 Å². The first-order valence-electron chi connectivity index (χ1n) is 6.28. The van der Waals surface area contributed by atoms with Crippen LogP contribution >= 0.6 is 11.6 Å². The lowest BCUT2D eigenvalue weighted by Crippen LogP contribution is -2.05. The molecule has 1 saturated carbocycles. The van der Waals surface area contributed by atoms with E-state index < -0.39 is 0 Å². The SMILES string of the molecule is CCOC(=O)CCc1cc(C2CC2)c(Cl)cc1O. The Balaban J connectivity index is 2.07. The predicted molar refractivity (Wildman–Crippen MR) is 70.0 cm³/mol. The molecule has 1 aliphatic carbocycles. The lowest BCUT2D eigenvalue weighted by Gasteiger charge is -2.09. The summed E-state index contributed by atoms with van der Waals surface area (Å²) in [6.45, 7) is 2.17. The number of carbonyl (C=O) groups excluding carboxylic acids is 1. The molecule has 1 N–H and O–H groups in total. The van der Waals surface area contributed by atoms with Gasteiger partial charge in [0.1, 0.15) is 5.75 Å². The molecule has 0 aromatic heterocycles. The van der Waals surface area contributed by atoms with Crippen LogP contribution in [-0.2, 0) is 16.0 Å². The van der Waals surface area contributed by atoms with Crippen LogP contribution < -0.4 is 0 Å². The maximum absolute atomic E-state index is 11.3. The van der Waals surface area contributed by atoms with E-state index in [1.54, 1.807) is 13.0 Å². The fourth-order valence-corrected chi connectivity index (χ4v) is 2.32. The smallest absolute Gasteiger partial charge is 0.306 e. The van der Waals surface area contributed by atoms with Gasteiger partial charge in [0.2, 0.25) is 0 Å². The molecule has 0 aliphatic heterocycles. The third-order valence-corrected chi connectivity index (χ3v) is 3.45. The van der Waals surface area contributed by atoms with Crippen LogP contribution in [0.25, 0.3) is 0 Å². The fourth-order valence-electron chi connectivity index (χ4n) is 2.00. The molecule has 0 bridgehead atoms. The van der Waals surface area contributed by atoms with Crippen LogP contribution in [-0.4, -0.2) is 17.7 Å². The molecule has 0 saturated heterocycles. The Bertz CT molecular complexity index is 453. The van der Waals surface area contributed by atoms with E-state index in [0.717, 1.165) is 24.0 Å². The molecule has 1 aliphatic rings. The molecular formula is C14H17ClO3. The number of phenolic OH excluding ortho intramolecular Hbond substituents is 1. The summed E-state index contributed by atoms with van der Waals surface area (Å²) in [6, 6.07) is 3.50. The quantitative estimate of drug-likeness (QED) is 0.833. The third kappa shape index (κ3) is 3.16. The summed E-state index contributed by atoms with van der Waals surface area (Å²) in [7, 11) is 0. The van der Waals surface area contributed by atoms with Gasteiger partial charge in [-0.25, -0.2) is 0 Å². The highest BCUT2D eigenvalue weighted by Crippen LogP contribution is 2.45. The van der Waals surface area contributed by atoms with E-state index in [4.69, 9.17) is 16.3 Å². The Morgan fingerprint density at radius 1 is 1.50 bits per heavy atom. The highest BCUT2D eigenvalue weighted by molar-refractivity contribution is 6.31. The van der Waals surface area contributed by atoms with Crippen molar-refractivity contribution in [2.75, 3.05) is 6.61 Å². The highest BCUT2D eigenvalue weighted by atomic mass is 35.5. The Kier molecular flexibility index (Phi) is 4.12. The van der Waals surface area contributed by atoms with Crippen LogP contribution in [0.1, 0.15) is 43.2 Å². The first kappa shape index (κ1) is 13.2. The molecule has 18 heavy (non-hydrogen) atoms. The highest BCUT2D eigenvalue weighted by Gasteiger charge is 2.26. The number of esters is 1. The van der Waals surface area contributed by atoms with E-state index in [1.807, 2.05) is 6.07 Å². The number of halogens is 1. The predicted octanol–water partition coefficient (Wildman–Crippen LogP) is 3.42. The number of ether oxygens (including phenoxy) is 1. The lowest BCUT2D eigenvalue weighted by molar-refractivity contribution is -0.143. The van der Waals surface area contributed by atoms with Crippen molar-refractivity contribution >= 4 is 17.6 Å². The molecule has 0 unspecified atom stereocenters. The average Bonchev–Trinajstić information content (AvgIpc) is 3.12. The number of carbonyl (C=O) groups is 1.